The molecule has 0 saturated carbocycles. The first-order valence-corrected chi connectivity index (χ1v) is 7.52. The summed E-state index contributed by atoms with van der Waals surface area (Å²) in [5.74, 6) is 0. The molecule has 0 atom stereocenters. The first-order valence-electron chi connectivity index (χ1n) is 7.52. The van der Waals surface area contributed by atoms with E-state index in [1.165, 1.54) is 11.1 Å². The maximum absolute atomic E-state index is 5.61. The van der Waals surface area contributed by atoms with E-state index in [2.05, 4.69) is 79.8 Å². The molecule has 2 heteroatoms. The molecule has 2 nitrogen and oxygen atoms in total. The second-order valence-corrected chi connectivity index (χ2v) is 5.78. The van der Waals surface area contributed by atoms with Crippen LogP contribution in [0.1, 0.15) is 25.0 Å². The fourth-order valence-electron chi connectivity index (χ4n) is 2.73. The van der Waals surface area contributed by atoms with Crippen molar-refractivity contribution in [2.75, 3.05) is 20.3 Å². The molecule has 0 fully saturated rings. The van der Waals surface area contributed by atoms with Crippen LogP contribution < -0.4 is 5.32 Å². The van der Waals surface area contributed by atoms with Crippen LogP contribution in [0.15, 0.2) is 60.7 Å². The van der Waals surface area contributed by atoms with Crippen molar-refractivity contribution in [3.63, 3.8) is 0 Å². The van der Waals surface area contributed by atoms with Crippen LogP contribution in [-0.2, 0) is 10.2 Å². The van der Waals surface area contributed by atoms with Crippen LogP contribution in [0.2, 0.25) is 0 Å². The van der Waals surface area contributed by atoms with E-state index in [-0.39, 0.29) is 5.41 Å². The summed E-state index contributed by atoms with van der Waals surface area (Å²) >= 11 is 0. The number of hydrogen-bond donors (Lipinski definition) is 1. The van der Waals surface area contributed by atoms with E-state index in [1.54, 1.807) is 7.11 Å². The molecule has 0 amide bonds. The number of benzene rings is 2. The Kier molecular flexibility index (Phi) is 5.54. The van der Waals surface area contributed by atoms with E-state index in [0.29, 0.717) is 12.6 Å². The van der Waals surface area contributed by atoms with Crippen LogP contribution in [0.5, 0.6) is 0 Å². The molecule has 112 valence electrons. The van der Waals surface area contributed by atoms with Crippen molar-refractivity contribution in [2.45, 2.75) is 25.3 Å². The smallest absolute Gasteiger partial charge is 0.0612 e. The van der Waals surface area contributed by atoms with Crippen LogP contribution in [0.4, 0.5) is 0 Å². The molecule has 0 unspecified atom stereocenters. The fourth-order valence-corrected chi connectivity index (χ4v) is 2.73. The Balaban J connectivity index is 2.49. The summed E-state index contributed by atoms with van der Waals surface area (Å²) < 4.78 is 5.61. The molecule has 21 heavy (non-hydrogen) atoms. The van der Waals surface area contributed by atoms with Gasteiger partial charge in [0.2, 0.25) is 0 Å². The summed E-state index contributed by atoms with van der Waals surface area (Å²) in [4.78, 5) is 0. The molecule has 0 spiro atoms. The van der Waals surface area contributed by atoms with E-state index in [0.717, 1.165) is 6.54 Å². The molecule has 2 aromatic rings. The van der Waals surface area contributed by atoms with Crippen molar-refractivity contribution < 1.29 is 4.74 Å². The first-order chi connectivity index (χ1) is 10.2. The topological polar surface area (TPSA) is 21.3 Å². The Morgan fingerprint density at radius 2 is 1.38 bits per heavy atom. The lowest BCUT2D eigenvalue weighted by molar-refractivity contribution is 0.145. The highest BCUT2D eigenvalue weighted by atomic mass is 16.5. The van der Waals surface area contributed by atoms with Crippen LogP contribution >= 0.6 is 0 Å². The maximum Gasteiger partial charge on any atom is 0.0612 e. The predicted molar refractivity (Wildman–Crippen MR) is 88.7 cm³/mol. The molecule has 1 N–H and O–H groups in total. The van der Waals surface area contributed by atoms with Gasteiger partial charge >= 0.3 is 0 Å². The van der Waals surface area contributed by atoms with E-state index >= 15 is 0 Å². The van der Waals surface area contributed by atoms with Crippen molar-refractivity contribution in [3.8, 4) is 0 Å². The Morgan fingerprint density at radius 1 is 0.905 bits per heavy atom. The zero-order valence-electron chi connectivity index (χ0n) is 13.2. The molecule has 2 rings (SSSR count). The zero-order valence-corrected chi connectivity index (χ0v) is 13.2. The zero-order chi connectivity index (χ0) is 15.1. The lowest BCUT2D eigenvalue weighted by Gasteiger charge is -2.35. The molecule has 0 bridgehead atoms. The van der Waals surface area contributed by atoms with Crippen LogP contribution in [0, 0.1) is 0 Å². The lowest BCUT2D eigenvalue weighted by atomic mass is 9.74. The van der Waals surface area contributed by atoms with Gasteiger partial charge in [-0.1, -0.05) is 74.5 Å². The lowest BCUT2D eigenvalue weighted by Crippen LogP contribution is -2.45. The number of rotatable bonds is 7. The second-order valence-electron chi connectivity index (χ2n) is 5.78. The molecule has 0 radical (unpaired) electrons. The number of hydrogen-bond acceptors (Lipinski definition) is 2. The van der Waals surface area contributed by atoms with Gasteiger partial charge in [0.1, 0.15) is 0 Å². The Morgan fingerprint density at radius 3 is 1.76 bits per heavy atom. The highest BCUT2D eigenvalue weighted by Crippen LogP contribution is 2.32. The van der Waals surface area contributed by atoms with Gasteiger partial charge in [-0.15, -0.1) is 0 Å². The molecule has 0 aliphatic carbocycles. The van der Waals surface area contributed by atoms with Gasteiger partial charge in [0.15, 0.2) is 0 Å². The highest BCUT2D eigenvalue weighted by Gasteiger charge is 2.34. The maximum atomic E-state index is 5.61. The summed E-state index contributed by atoms with van der Waals surface area (Å²) in [5, 5.41) is 3.59. The van der Waals surface area contributed by atoms with Crippen molar-refractivity contribution in [2.24, 2.45) is 0 Å². The quantitative estimate of drug-likeness (QED) is 0.838. The van der Waals surface area contributed by atoms with Gasteiger partial charge in [0, 0.05) is 19.7 Å². The van der Waals surface area contributed by atoms with Crippen molar-refractivity contribution in [3.05, 3.63) is 71.8 Å². The van der Waals surface area contributed by atoms with Crippen LogP contribution in [0.3, 0.4) is 0 Å². The monoisotopic (exact) mass is 283 g/mol. The van der Waals surface area contributed by atoms with Crippen molar-refractivity contribution in [1.82, 2.24) is 5.32 Å². The first kappa shape index (κ1) is 15.7. The minimum Gasteiger partial charge on any atom is -0.383 e. The minimum atomic E-state index is -0.165. The molecule has 0 aliphatic heterocycles. The largest absolute Gasteiger partial charge is 0.383 e. The standard InChI is InChI=1S/C19H25NO/c1-16(2)20-14-19(15-21-3,17-10-6-4-7-11-17)18-12-8-5-9-13-18/h4-13,16,20H,14-15H2,1-3H3. The van der Waals surface area contributed by atoms with Gasteiger partial charge in [0.05, 0.1) is 12.0 Å². The Hall–Kier alpha value is -1.64. The van der Waals surface area contributed by atoms with Gasteiger partial charge in [-0.25, -0.2) is 0 Å². The van der Waals surface area contributed by atoms with Crippen molar-refractivity contribution in [1.29, 1.82) is 0 Å². The van der Waals surface area contributed by atoms with Gasteiger partial charge in [-0.2, -0.15) is 0 Å². The molecule has 0 saturated heterocycles. The molecule has 0 aromatic heterocycles. The highest BCUT2D eigenvalue weighted by molar-refractivity contribution is 5.40. The number of methoxy groups -OCH3 is 1. The normalized spacial score (nSPS) is 11.8. The summed E-state index contributed by atoms with van der Waals surface area (Å²) in [7, 11) is 1.77. The van der Waals surface area contributed by atoms with Crippen LogP contribution in [0.25, 0.3) is 0 Å². The van der Waals surface area contributed by atoms with Gasteiger partial charge in [0.25, 0.3) is 0 Å². The summed E-state index contributed by atoms with van der Waals surface area (Å²) in [6.45, 7) is 5.86. The van der Waals surface area contributed by atoms with E-state index < -0.39 is 0 Å². The molecular weight excluding hydrogens is 258 g/mol. The number of ether oxygens (including phenoxy) is 1. The van der Waals surface area contributed by atoms with E-state index in [4.69, 9.17) is 4.74 Å². The fraction of sp³-hybridized carbons (Fsp3) is 0.368. The van der Waals surface area contributed by atoms with Gasteiger partial charge in [-0.05, 0) is 11.1 Å². The molecular formula is C19H25NO. The second kappa shape index (κ2) is 7.39. The SMILES string of the molecule is COCC(CNC(C)C)(c1ccccc1)c1ccccc1. The average molecular weight is 283 g/mol. The Labute approximate surface area is 128 Å². The summed E-state index contributed by atoms with van der Waals surface area (Å²) in [6, 6.07) is 21.7. The predicted octanol–water partition coefficient (Wildman–Crippen LogP) is 3.62. The minimum absolute atomic E-state index is 0.165. The third-order valence-electron chi connectivity index (χ3n) is 3.86. The summed E-state index contributed by atoms with van der Waals surface area (Å²) in [5.41, 5.74) is 2.40. The molecule has 0 aliphatic rings. The molecule has 0 heterocycles. The molecule has 2 aromatic carbocycles. The van der Waals surface area contributed by atoms with Crippen molar-refractivity contribution >= 4 is 0 Å². The van der Waals surface area contributed by atoms with Gasteiger partial charge in [-0.3, -0.25) is 0 Å². The average Bonchev–Trinajstić information content (AvgIpc) is 2.53. The Bertz CT molecular complexity index is 482. The third kappa shape index (κ3) is 3.72. The summed E-state index contributed by atoms with van der Waals surface area (Å²) in [6.07, 6.45) is 0. The van der Waals surface area contributed by atoms with Crippen LogP contribution in [-0.4, -0.2) is 26.3 Å². The third-order valence-corrected chi connectivity index (χ3v) is 3.86. The van der Waals surface area contributed by atoms with E-state index in [1.807, 2.05) is 0 Å². The number of nitrogens with one attached hydrogen (secondary N) is 1. The van der Waals surface area contributed by atoms with Gasteiger partial charge < -0.3 is 10.1 Å². The van der Waals surface area contributed by atoms with E-state index in [9.17, 15) is 0 Å².